The number of esters is 1. The molecule has 0 fully saturated rings. The monoisotopic (exact) mass is 410 g/mol. The van der Waals surface area contributed by atoms with Gasteiger partial charge in [-0.2, -0.15) is 0 Å². The summed E-state index contributed by atoms with van der Waals surface area (Å²) in [4.78, 5) is 24.4. The van der Waals surface area contributed by atoms with Gasteiger partial charge in [0, 0.05) is 6.54 Å². The first-order valence-electron chi connectivity index (χ1n) is 8.10. The molecule has 0 aliphatic rings. The number of para-hydroxylation sites is 1. The molecule has 0 saturated carbocycles. The molecule has 27 heavy (non-hydrogen) atoms. The second kappa shape index (κ2) is 8.98. The minimum Gasteiger partial charge on any atom is -0.449 e. The zero-order chi connectivity index (χ0) is 20.0. The van der Waals surface area contributed by atoms with Crippen LogP contribution in [0.5, 0.6) is 0 Å². The third-order valence-corrected chi connectivity index (χ3v) is 5.41. The van der Waals surface area contributed by atoms with Crippen LogP contribution in [0.1, 0.15) is 24.2 Å². The molecule has 0 unspecified atom stereocenters. The standard InChI is InChI=1S/C18H19ClN2O5S/c1-3-20-27(24,25)14-10-8-13(9-11-14)18(23)26-12(2)17(22)21-16-7-5-4-6-15(16)19/h4-12,20H,3H2,1-2H3,(H,21,22)/t12-/m1/s1. The normalized spacial score (nSPS) is 12.3. The number of carbonyl (C=O) groups is 2. The van der Waals surface area contributed by atoms with E-state index in [0.717, 1.165) is 0 Å². The van der Waals surface area contributed by atoms with Crippen LogP contribution in [0.3, 0.4) is 0 Å². The molecule has 0 aliphatic heterocycles. The smallest absolute Gasteiger partial charge is 0.338 e. The van der Waals surface area contributed by atoms with Gasteiger partial charge in [0.25, 0.3) is 5.91 Å². The molecule has 2 aromatic rings. The molecule has 0 aliphatic carbocycles. The van der Waals surface area contributed by atoms with E-state index in [0.29, 0.717) is 10.7 Å². The maximum atomic E-state index is 12.2. The molecule has 7 nitrogen and oxygen atoms in total. The summed E-state index contributed by atoms with van der Waals surface area (Å²) in [7, 11) is -3.61. The maximum absolute atomic E-state index is 12.2. The quantitative estimate of drug-likeness (QED) is 0.683. The van der Waals surface area contributed by atoms with Crippen molar-refractivity contribution in [3.63, 3.8) is 0 Å². The molecule has 2 N–H and O–H groups in total. The van der Waals surface area contributed by atoms with Gasteiger partial charge in [0.05, 0.1) is 21.2 Å². The summed E-state index contributed by atoms with van der Waals surface area (Å²) < 4.78 is 31.3. The van der Waals surface area contributed by atoms with E-state index >= 15 is 0 Å². The van der Waals surface area contributed by atoms with Crippen molar-refractivity contribution < 1.29 is 22.7 Å². The fourth-order valence-corrected chi connectivity index (χ4v) is 3.35. The van der Waals surface area contributed by atoms with E-state index in [-0.39, 0.29) is 17.0 Å². The lowest BCUT2D eigenvalue weighted by Gasteiger charge is -2.14. The van der Waals surface area contributed by atoms with Gasteiger partial charge in [0.1, 0.15) is 0 Å². The van der Waals surface area contributed by atoms with Gasteiger partial charge < -0.3 is 10.1 Å². The van der Waals surface area contributed by atoms with Crippen molar-refractivity contribution in [2.75, 3.05) is 11.9 Å². The summed E-state index contributed by atoms with van der Waals surface area (Å²) in [6.45, 7) is 3.34. The fourth-order valence-electron chi connectivity index (χ4n) is 2.12. The van der Waals surface area contributed by atoms with E-state index in [4.69, 9.17) is 16.3 Å². The summed E-state index contributed by atoms with van der Waals surface area (Å²) in [6, 6.07) is 11.9. The first-order valence-corrected chi connectivity index (χ1v) is 9.97. The molecular formula is C18H19ClN2O5S. The Balaban J connectivity index is 2.01. The van der Waals surface area contributed by atoms with Crippen molar-refractivity contribution in [2.24, 2.45) is 0 Å². The summed E-state index contributed by atoms with van der Waals surface area (Å²) in [5.74, 6) is -1.29. The number of anilines is 1. The number of hydrogen-bond acceptors (Lipinski definition) is 5. The lowest BCUT2D eigenvalue weighted by molar-refractivity contribution is -0.123. The number of ether oxygens (including phenoxy) is 1. The Labute approximate surface area is 162 Å². The minimum atomic E-state index is -3.61. The highest BCUT2D eigenvalue weighted by Crippen LogP contribution is 2.21. The predicted molar refractivity (Wildman–Crippen MR) is 102 cm³/mol. The van der Waals surface area contributed by atoms with E-state index in [1.807, 2.05) is 0 Å². The molecule has 0 radical (unpaired) electrons. The van der Waals surface area contributed by atoms with Crippen LogP contribution in [0.15, 0.2) is 53.4 Å². The second-order valence-electron chi connectivity index (χ2n) is 5.54. The number of halogens is 1. The molecule has 0 saturated heterocycles. The van der Waals surface area contributed by atoms with Gasteiger partial charge in [-0.15, -0.1) is 0 Å². The minimum absolute atomic E-state index is 0.0328. The average Bonchev–Trinajstić information content (AvgIpc) is 2.63. The van der Waals surface area contributed by atoms with Crippen molar-refractivity contribution in [1.82, 2.24) is 4.72 Å². The van der Waals surface area contributed by atoms with E-state index in [1.165, 1.54) is 31.2 Å². The third kappa shape index (κ3) is 5.53. The Kier molecular flexibility index (Phi) is 6.95. The fraction of sp³-hybridized carbons (Fsp3) is 0.222. The van der Waals surface area contributed by atoms with Gasteiger partial charge in [-0.25, -0.2) is 17.9 Å². The number of sulfonamides is 1. The summed E-state index contributed by atoms with van der Waals surface area (Å²) in [6.07, 6.45) is -1.07. The highest BCUT2D eigenvalue weighted by Gasteiger charge is 2.20. The van der Waals surface area contributed by atoms with Crippen LogP contribution >= 0.6 is 11.6 Å². The highest BCUT2D eigenvalue weighted by atomic mass is 35.5. The number of carbonyl (C=O) groups excluding carboxylic acids is 2. The second-order valence-corrected chi connectivity index (χ2v) is 7.72. The van der Waals surface area contributed by atoms with Crippen molar-refractivity contribution >= 4 is 39.2 Å². The third-order valence-electron chi connectivity index (χ3n) is 3.52. The predicted octanol–water partition coefficient (Wildman–Crippen LogP) is 2.82. The van der Waals surface area contributed by atoms with Crippen molar-refractivity contribution in [3.8, 4) is 0 Å². The lowest BCUT2D eigenvalue weighted by Crippen LogP contribution is -2.30. The molecule has 0 aromatic heterocycles. The van der Waals surface area contributed by atoms with E-state index in [9.17, 15) is 18.0 Å². The Morgan fingerprint density at radius 2 is 1.74 bits per heavy atom. The highest BCUT2D eigenvalue weighted by molar-refractivity contribution is 7.89. The molecule has 1 amide bonds. The zero-order valence-corrected chi connectivity index (χ0v) is 16.3. The molecular weight excluding hydrogens is 392 g/mol. The van der Waals surface area contributed by atoms with E-state index in [1.54, 1.807) is 31.2 Å². The van der Waals surface area contributed by atoms with Crippen molar-refractivity contribution in [3.05, 3.63) is 59.1 Å². The molecule has 144 valence electrons. The Bertz CT molecular complexity index is 929. The lowest BCUT2D eigenvalue weighted by atomic mass is 10.2. The molecule has 0 bridgehead atoms. The van der Waals surface area contributed by atoms with Crippen molar-refractivity contribution in [1.29, 1.82) is 0 Å². The number of nitrogens with one attached hydrogen (secondary N) is 2. The van der Waals surface area contributed by atoms with Gasteiger partial charge in [0.15, 0.2) is 6.10 Å². The Hall–Kier alpha value is -2.42. The molecule has 9 heteroatoms. The van der Waals surface area contributed by atoms with Gasteiger partial charge in [-0.3, -0.25) is 4.79 Å². The molecule has 2 aromatic carbocycles. The average molecular weight is 411 g/mol. The first-order chi connectivity index (χ1) is 12.7. The van der Waals surface area contributed by atoms with E-state index < -0.39 is 28.0 Å². The first kappa shape index (κ1) is 20.9. The topological polar surface area (TPSA) is 102 Å². The van der Waals surface area contributed by atoms with Gasteiger partial charge in [0.2, 0.25) is 10.0 Å². The zero-order valence-electron chi connectivity index (χ0n) is 14.7. The Morgan fingerprint density at radius 3 is 2.33 bits per heavy atom. The number of hydrogen-bond donors (Lipinski definition) is 2. The molecule has 2 rings (SSSR count). The summed E-state index contributed by atoms with van der Waals surface area (Å²) in [5, 5.41) is 2.94. The number of rotatable bonds is 7. The van der Waals surface area contributed by atoms with Crippen molar-refractivity contribution in [2.45, 2.75) is 24.8 Å². The largest absolute Gasteiger partial charge is 0.449 e. The van der Waals surface area contributed by atoms with Crippen LogP contribution in [0.25, 0.3) is 0 Å². The molecule has 0 heterocycles. The molecule has 0 spiro atoms. The number of benzene rings is 2. The maximum Gasteiger partial charge on any atom is 0.338 e. The van der Waals surface area contributed by atoms with Crippen LogP contribution in [0, 0.1) is 0 Å². The van der Waals surface area contributed by atoms with Crippen LogP contribution in [0.2, 0.25) is 5.02 Å². The molecule has 1 atom stereocenters. The van der Waals surface area contributed by atoms with Crippen LogP contribution in [0.4, 0.5) is 5.69 Å². The van der Waals surface area contributed by atoms with Crippen LogP contribution in [-0.4, -0.2) is 32.9 Å². The Morgan fingerprint density at radius 1 is 1.11 bits per heavy atom. The van der Waals surface area contributed by atoms with Crippen LogP contribution in [-0.2, 0) is 19.6 Å². The number of amides is 1. The van der Waals surface area contributed by atoms with Gasteiger partial charge >= 0.3 is 5.97 Å². The van der Waals surface area contributed by atoms with Gasteiger partial charge in [-0.05, 0) is 43.3 Å². The summed E-state index contributed by atoms with van der Waals surface area (Å²) in [5.41, 5.74) is 0.535. The van der Waals surface area contributed by atoms with E-state index in [2.05, 4.69) is 10.0 Å². The SMILES string of the molecule is CCNS(=O)(=O)c1ccc(C(=O)O[C@H](C)C(=O)Nc2ccccc2Cl)cc1. The van der Waals surface area contributed by atoms with Gasteiger partial charge in [-0.1, -0.05) is 30.7 Å². The van der Waals surface area contributed by atoms with Crippen LogP contribution < -0.4 is 10.0 Å². The summed E-state index contributed by atoms with van der Waals surface area (Å²) >= 11 is 5.97.